The summed E-state index contributed by atoms with van der Waals surface area (Å²) in [4.78, 5) is 19.6. The van der Waals surface area contributed by atoms with Crippen LogP contribution in [-0.4, -0.2) is 58.4 Å². The second kappa shape index (κ2) is 9.54. The van der Waals surface area contributed by atoms with Crippen molar-refractivity contribution >= 4 is 5.91 Å². The van der Waals surface area contributed by atoms with E-state index in [-0.39, 0.29) is 11.9 Å². The first-order valence-corrected chi connectivity index (χ1v) is 11.4. The highest BCUT2D eigenvalue weighted by atomic mass is 16.5. The van der Waals surface area contributed by atoms with Crippen molar-refractivity contribution in [2.75, 3.05) is 27.9 Å². The first kappa shape index (κ1) is 22.5. The third-order valence-corrected chi connectivity index (χ3v) is 6.34. The molecule has 0 saturated carbocycles. The lowest BCUT2D eigenvalue weighted by atomic mass is 9.95. The fourth-order valence-electron chi connectivity index (χ4n) is 4.61. The van der Waals surface area contributed by atoms with Gasteiger partial charge in [-0.25, -0.2) is 4.98 Å². The van der Waals surface area contributed by atoms with E-state index in [4.69, 9.17) is 14.2 Å². The number of aryl methyl sites for hydroxylation is 1. The van der Waals surface area contributed by atoms with Crippen LogP contribution >= 0.6 is 0 Å². The SMILES string of the molecule is COc1ccc(-c2n[nH]c3c2C(c2ccc(OC)cc2OC)N(CCCn2ccnc2)C3=O)cc1. The van der Waals surface area contributed by atoms with Crippen LogP contribution in [0.1, 0.15) is 34.1 Å². The summed E-state index contributed by atoms with van der Waals surface area (Å²) in [5.74, 6) is 2.01. The van der Waals surface area contributed by atoms with Crippen LogP contribution in [0.5, 0.6) is 17.2 Å². The normalized spacial score (nSPS) is 14.8. The molecule has 1 aliphatic heterocycles. The maximum atomic E-state index is 13.6. The monoisotopic (exact) mass is 473 g/mol. The highest BCUT2D eigenvalue weighted by Crippen LogP contribution is 2.46. The molecule has 9 heteroatoms. The van der Waals surface area contributed by atoms with E-state index in [1.165, 1.54) is 0 Å². The van der Waals surface area contributed by atoms with Gasteiger partial charge in [0, 0.05) is 48.2 Å². The molecule has 0 radical (unpaired) electrons. The molecule has 0 spiro atoms. The Labute approximate surface area is 203 Å². The van der Waals surface area contributed by atoms with Crippen LogP contribution in [0.4, 0.5) is 0 Å². The molecule has 9 nitrogen and oxygen atoms in total. The van der Waals surface area contributed by atoms with Gasteiger partial charge in [-0.3, -0.25) is 9.89 Å². The molecule has 1 unspecified atom stereocenters. The molecular formula is C26H27N5O4. The van der Waals surface area contributed by atoms with Crippen molar-refractivity contribution in [1.82, 2.24) is 24.6 Å². The van der Waals surface area contributed by atoms with Gasteiger partial charge in [0.25, 0.3) is 5.91 Å². The lowest BCUT2D eigenvalue weighted by Crippen LogP contribution is -2.31. The average Bonchev–Trinajstić information content (AvgIpc) is 3.63. The number of carbonyl (C=O) groups is 1. The first-order chi connectivity index (χ1) is 17.1. The van der Waals surface area contributed by atoms with Crippen molar-refractivity contribution in [2.45, 2.75) is 19.0 Å². The van der Waals surface area contributed by atoms with Gasteiger partial charge in [0.1, 0.15) is 22.9 Å². The number of ether oxygens (including phenoxy) is 3. The van der Waals surface area contributed by atoms with Crippen molar-refractivity contribution in [2.24, 2.45) is 0 Å². The zero-order valence-corrected chi connectivity index (χ0v) is 19.9. The summed E-state index contributed by atoms with van der Waals surface area (Å²) in [5.41, 5.74) is 3.84. The molecule has 0 fully saturated rings. The van der Waals surface area contributed by atoms with Crippen molar-refractivity contribution in [3.05, 3.63) is 78.0 Å². The number of hydrogen-bond acceptors (Lipinski definition) is 6. The predicted molar refractivity (Wildman–Crippen MR) is 130 cm³/mol. The third-order valence-electron chi connectivity index (χ3n) is 6.34. The van der Waals surface area contributed by atoms with Crippen LogP contribution in [0.2, 0.25) is 0 Å². The number of methoxy groups -OCH3 is 3. The van der Waals surface area contributed by atoms with E-state index in [0.29, 0.717) is 23.7 Å². The Bertz CT molecular complexity index is 1310. The van der Waals surface area contributed by atoms with E-state index >= 15 is 0 Å². The van der Waals surface area contributed by atoms with E-state index in [1.54, 1.807) is 33.9 Å². The minimum Gasteiger partial charge on any atom is -0.497 e. The standard InChI is InChI=1S/C26H27N5O4/c1-33-18-7-5-17(6-8-18)23-22-24(29-28-23)26(32)31(13-4-12-30-14-11-27-16-30)25(22)20-10-9-19(34-2)15-21(20)35-3/h5-11,14-16,25H,4,12-13H2,1-3H3,(H,28,29). The lowest BCUT2D eigenvalue weighted by molar-refractivity contribution is 0.0738. The van der Waals surface area contributed by atoms with Gasteiger partial charge in [0.2, 0.25) is 0 Å². The molecule has 5 rings (SSSR count). The Balaban J connectivity index is 1.57. The summed E-state index contributed by atoms with van der Waals surface area (Å²) in [6.45, 7) is 1.31. The fraction of sp³-hybridized carbons (Fsp3) is 0.269. The molecule has 180 valence electrons. The molecule has 1 aliphatic rings. The number of amides is 1. The molecule has 1 atom stereocenters. The minimum atomic E-state index is -0.364. The Hall–Kier alpha value is -4.27. The number of aromatic nitrogens is 4. The number of hydrogen-bond donors (Lipinski definition) is 1. The van der Waals surface area contributed by atoms with E-state index < -0.39 is 0 Å². The summed E-state index contributed by atoms with van der Waals surface area (Å²) in [6.07, 6.45) is 6.23. The number of fused-ring (bicyclic) bond motifs is 1. The summed E-state index contributed by atoms with van der Waals surface area (Å²) >= 11 is 0. The summed E-state index contributed by atoms with van der Waals surface area (Å²) < 4.78 is 18.4. The smallest absolute Gasteiger partial charge is 0.273 e. The van der Waals surface area contributed by atoms with E-state index in [1.807, 2.05) is 58.1 Å². The Morgan fingerprint density at radius 1 is 0.971 bits per heavy atom. The third kappa shape index (κ3) is 4.09. The van der Waals surface area contributed by atoms with Gasteiger partial charge in [0.05, 0.1) is 39.4 Å². The second-order valence-corrected chi connectivity index (χ2v) is 8.25. The number of rotatable bonds is 9. The topological polar surface area (TPSA) is 94.5 Å². The quantitative estimate of drug-likeness (QED) is 0.396. The summed E-state index contributed by atoms with van der Waals surface area (Å²) in [5, 5.41) is 7.55. The lowest BCUT2D eigenvalue weighted by Gasteiger charge is -2.28. The maximum Gasteiger partial charge on any atom is 0.273 e. The zero-order valence-electron chi connectivity index (χ0n) is 19.9. The molecule has 0 saturated heterocycles. The Morgan fingerprint density at radius 2 is 1.74 bits per heavy atom. The molecule has 35 heavy (non-hydrogen) atoms. The van der Waals surface area contributed by atoms with E-state index in [9.17, 15) is 4.79 Å². The van der Waals surface area contributed by atoms with Gasteiger partial charge in [-0.1, -0.05) is 0 Å². The highest BCUT2D eigenvalue weighted by Gasteiger charge is 2.43. The molecule has 1 N–H and O–H groups in total. The molecule has 3 heterocycles. The number of nitrogens with zero attached hydrogens (tertiary/aromatic N) is 4. The number of H-pyrrole nitrogens is 1. The average molecular weight is 474 g/mol. The minimum absolute atomic E-state index is 0.0826. The maximum absolute atomic E-state index is 13.6. The number of benzene rings is 2. The van der Waals surface area contributed by atoms with Crippen LogP contribution in [-0.2, 0) is 6.54 Å². The second-order valence-electron chi connectivity index (χ2n) is 8.25. The van der Waals surface area contributed by atoms with Crippen LogP contribution in [0.25, 0.3) is 11.3 Å². The van der Waals surface area contributed by atoms with Crippen LogP contribution in [0.3, 0.4) is 0 Å². The van der Waals surface area contributed by atoms with Crippen molar-refractivity contribution in [1.29, 1.82) is 0 Å². The Morgan fingerprint density at radius 3 is 2.43 bits per heavy atom. The number of imidazole rings is 1. The highest BCUT2D eigenvalue weighted by molar-refractivity contribution is 6.00. The van der Waals surface area contributed by atoms with Crippen molar-refractivity contribution < 1.29 is 19.0 Å². The molecule has 1 amide bonds. The van der Waals surface area contributed by atoms with Gasteiger partial charge >= 0.3 is 0 Å². The van der Waals surface area contributed by atoms with Gasteiger partial charge in [0.15, 0.2) is 0 Å². The van der Waals surface area contributed by atoms with Gasteiger partial charge in [-0.2, -0.15) is 5.10 Å². The molecule has 2 aromatic carbocycles. The van der Waals surface area contributed by atoms with E-state index in [2.05, 4.69) is 15.2 Å². The van der Waals surface area contributed by atoms with Crippen LogP contribution < -0.4 is 14.2 Å². The van der Waals surface area contributed by atoms with Crippen molar-refractivity contribution in [3.63, 3.8) is 0 Å². The van der Waals surface area contributed by atoms with Gasteiger partial charge < -0.3 is 23.7 Å². The van der Waals surface area contributed by atoms with Crippen LogP contribution in [0.15, 0.2) is 61.2 Å². The molecule has 0 bridgehead atoms. The van der Waals surface area contributed by atoms with Crippen molar-refractivity contribution in [3.8, 4) is 28.5 Å². The first-order valence-electron chi connectivity index (χ1n) is 11.4. The Kier molecular flexibility index (Phi) is 6.13. The summed E-state index contributed by atoms with van der Waals surface area (Å²) in [6, 6.07) is 13.0. The number of aromatic amines is 1. The molecule has 2 aromatic heterocycles. The predicted octanol–water partition coefficient (Wildman–Crippen LogP) is 3.93. The molecule has 0 aliphatic carbocycles. The van der Waals surface area contributed by atoms with Crippen LogP contribution in [0, 0.1) is 0 Å². The number of nitrogens with one attached hydrogen (secondary N) is 1. The molecule has 4 aromatic rings. The number of carbonyl (C=O) groups excluding carboxylic acids is 1. The van der Waals surface area contributed by atoms with E-state index in [0.717, 1.165) is 41.1 Å². The fourth-order valence-corrected chi connectivity index (χ4v) is 4.61. The zero-order chi connectivity index (χ0) is 24.4. The largest absolute Gasteiger partial charge is 0.497 e. The summed E-state index contributed by atoms with van der Waals surface area (Å²) in [7, 11) is 4.87. The molecular weight excluding hydrogens is 446 g/mol. The van der Waals surface area contributed by atoms with Gasteiger partial charge in [-0.15, -0.1) is 0 Å². The van der Waals surface area contributed by atoms with Gasteiger partial charge in [-0.05, 0) is 42.8 Å².